The predicted molar refractivity (Wildman–Crippen MR) is 120 cm³/mol. The number of benzene rings is 2. The highest BCUT2D eigenvalue weighted by atomic mass is 19.3. The molecule has 1 aliphatic rings. The summed E-state index contributed by atoms with van der Waals surface area (Å²) in [6, 6.07) is 17.0. The van der Waals surface area contributed by atoms with E-state index in [9.17, 15) is 13.6 Å². The molecule has 162 valence electrons. The highest BCUT2D eigenvalue weighted by Gasteiger charge is 2.25. The lowest BCUT2D eigenvalue weighted by atomic mass is 10.0. The summed E-state index contributed by atoms with van der Waals surface area (Å²) in [6.45, 7) is -0.513. The van der Waals surface area contributed by atoms with Crippen LogP contribution in [0.25, 0.3) is 28.2 Å². The van der Waals surface area contributed by atoms with E-state index in [1.807, 2.05) is 65.2 Å². The molecule has 0 aliphatic heterocycles. The van der Waals surface area contributed by atoms with E-state index < -0.39 is 13.0 Å². The number of anilines is 1. The monoisotopic (exact) mass is 432 g/mol. The molecule has 0 spiro atoms. The van der Waals surface area contributed by atoms with Crippen molar-refractivity contribution in [1.82, 2.24) is 14.4 Å². The second-order valence-corrected chi connectivity index (χ2v) is 8.10. The number of Topliss-reactive ketones (excluding diaryl/α,β-unsaturated/α-hetero) is 1. The second kappa shape index (κ2) is 8.49. The lowest BCUT2D eigenvalue weighted by molar-refractivity contribution is 0.0976. The number of rotatable bonds is 8. The molecule has 0 atom stereocenters. The van der Waals surface area contributed by atoms with Crippen molar-refractivity contribution >= 4 is 17.2 Å². The highest BCUT2D eigenvalue weighted by Crippen LogP contribution is 2.34. The topological polar surface area (TPSA) is 59.3 Å². The van der Waals surface area contributed by atoms with Crippen LogP contribution in [-0.2, 0) is 0 Å². The number of alkyl halides is 2. The smallest absolute Gasteiger partial charge is 0.255 e. The molecule has 2 aromatic heterocycles. The molecule has 32 heavy (non-hydrogen) atoms. The summed E-state index contributed by atoms with van der Waals surface area (Å²) in [5.41, 5.74) is 4.36. The van der Waals surface area contributed by atoms with E-state index in [-0.39, 0.29) is 5.78 Å². The molecule has 2 heterocycles. The van der Waals surface area contributed by atoms with Crippen molar-refractivity contribution in [2.75, 3.05) is 11.9 Å². The largest absolute Gasteiger partial charge is 0.361 e. The summed E-state index contributed by atoms with van der Waals surface area (Å²) in [6.07, 6.45) is 3.94. The third-order valence-electron chi connectivity index (χ3n) is 5.66. The molecule has 5 rings (SSSR count). The predicted octanol–water partition coefficient (Wildman–Crippen LogP) is 5.72. The van der Waals surface area contributed by atoms with Crippen LogP contribution in [0.2, 0.25) is 0 Å². The van der Waals surface area contributed by atoms with Gasteiger partial charge in [-0.15, -0.1) is 0 Å². The Morgan fingerprint density at radius 1 is 1.06 bits per heavy atom. The Bertz CT molecular complexity index is 1250. The minimum absolute atomic E-state index is 0.172. The zero-order valence-corrected chi connectivity index (χ0v) is 17.3. The fraction of sp³-hybridized carbons (Fsp3) is 0.240. The van der Waals surface area contributed by atoms with Gasteiger partial charge < -0.3 is 5.32 Å². The Labute approximate surface area is 184 Å². The number of nitrogens with one attached hydrogen (secondary N) is 1. The third kappa shape index (κ3) is 4.23. The number of carbonyl (C=O) groups excluding carboxylic acids is 1. The Hall–Kier alpha value is -3.61. The standard InChI is InChI=1S/C25H22F2N4O/c26-23(27)14-28-24-25-29-13-21(31(25)15-20(30-24)17-4-2-1-3-5-17)18-8-10-19(11-9-18)22(32)12-16-6-7-16/h1-5,8-11,13,15-16,23H,6-7,12,14H2,(H,28,30). The summed E-state index contributed by atoms with van der Waals surface area (Å²) < 4.78 is 27.6. The SMILES string of the molecule is O=C(CC1CC1)c1ccc(-c2cnc3c(NCC(F)F)nc(-c4ccccc4)cn23)cc1. The average Bonchev–Trinajstić information content (AvgIpc) is 3.53. The molecular weight excluding hydrogens is 410 g/mol. The van der Waals surface area contributed by atoms with Crippen LogP contribution in [0, 0.1) is 5.92 Å². The zero-order valence-electron chi connectivity index (χ0n) is 17.3. The number of hydrogen-bond acceptors (Lipinski definition) is 4. The molecule has 1 fully saturated rings. The van der Waals surface area contributed by atoms with Crippen LogP contribution in [0.15, 0.2) is 67.0 Å². The normalized spacial score (nSPS) is 13.6. The van der Waals surface area contributed by atoms with Gasteiger partial charge in [0.25, 0.3) is 6.43 Å². The maximum atomic E-state index is 12.9. The van der Waals surface area contributed by atoms with E-state index in [1.54, 1.807) is 6.20 Å². The number of carbonyl (C=O) groups is 1. The molecule has 1 saturated carbocycles. The molecule has 7 heteroatoms. The average molecular weight is 432 g/mol. The minimum atomic E-state index is -2.51. The van der Waals surface area contributed by atoms with Crippen molar-refractivity contribution in [1.29, 1.82) is 0 Å². The number of imidazole rings is 1. The van der Waals surface area contributed by atoms with Gasteiger partial charge in [-0.3, -0.25) is 9.20 Å². The van der Waals surface area contributed by atoms with Crippen LogP contribution < -0.4 is 5.32 Å². The van der Waals surface area contributed by atoms with E-state index in [2.05, 4.69) is 15.3 Å². The minimum Gasteiger partial charge on any atom is -0.361 e. The van der Waals surface area contributed by atoms with Crippen molar-refractivity contribution in [2.24, 2.45) is 5.92 Å². The first-order chi connectivity index (χ1) is 15.6. The zero-order chi connectivity index (χ0) is 22.1. The number of halogens is 2. The molecule has 1 N–H and O–H groups in total. The molecular formula is C25H22F2N4O. The number of hydrogen-bond donors (Lipinski definition) is 1. The molecule has 0 amide bonds. The number of nitrogens with zero attached hydrogens (tertiary/aromatic N) is 3. The van der Waals surface area contributed by atoms with Crippen molar-refractivity contribution in [2.45, 2.75) is 25.7 Å². The fourth-order valence-electron chi connectivity index (χ4n) is 3.77. The lowest BCUT2D eigenvalue weighted by Gasteiger charge is -2.11. The van der Waals surface area contributed by atoms with Gasteiger partial charge in [-0.25, -0.2) is 18.7 Å². The van der Waals surface area contributed by atoms with Crippen LogP contribution in [0.4, 0.5) is 14.6 Å². The lowest BCUT2D eigenvalue weighted by Crippen LogP contribution is -2.13. The van der Waals surface area contributed by atoms with E-state index in [4.69, 9.17) is 0 Å². The molecule has 5 nitrogen and oxygen atoms in total. The number of ketones is 1. The van der Waals surface area contributed by atoms with Crippen molar-refractivity contribution < 1.29 is 13.6 Å². The van der Waals surface area contributed by atoms with Crippen LogP contribution >= 0.6 is 0 Å². The van der Waals surface area contributed by atoms with Gasteiger partial charge in [0.1, 0.15) is 0 Å². The Kier molecular flexibility index (Phi) is 5.39. The van der Waals surface area contributed by atoms with E-state index in [0.717, 1.165) is 29.7 Å². The molecule has 0 bridgehead atoms. The van der Waals surface area contributed by atoms with Gasteiger partial charge in [-0.05, 0) is 18.8 Å². The summed E-state index contributed by atoms with van der Waals surface area (Å²) in [5.74, 6) is 1.02. The van der Waals surface area contributed by atoms with Crippen LogP contribution in [0.1, 0.15) is 29.6 Å². The molecule has 0 unspecified atom stereocenters. The highest BCUT2D eigenvalue weighted by molar-refractivity contribution is 5.96. The fourth-order valence-corrected chi connectivity index (χ4v) is 3.77. The Morgan fingerprint density at radius 2 is 1.81 bits per heavy atom. The van der Waals surface area contributed by atoms with Gasteiger partial charge in [-0.2, -0.15) is 0 Å². The molecule has 2 aromatic carbocycles. The van der Waals surface area contributed by atoms with Crippen molar-refractivity contribution in [3.05, 3.63) is 72.6 Å². The maximum absolute atomic E-state index is 12.9. The maximum Gasteiger partial charge on any atom is 0.255 e. The molecule has 1 aliphatic carbocycles. The summed E-state index contributed by atoms with van der Waals surface area (Å²) in [7, 11) is 0. The molecule has 0 saturated heterocycles. The van der Waals surface area contributed by atoms with Gasteiger partial charge in [-0.1, -0.05) is 54.6 Å². The van der Waals surface area contributed by atoms with Gasteiger partial charge in [0, 0.05) is 29.3 Å². The quantitative estimate of drug-likeness (QED) is 0.362. The van der Waals surface area contributed by atoms with E-state index in [1.165, 1.54) is 0 Å². The third-order valence-corrected chi connectivity index (χ3v) is 5.66. The van der Waals surface area contributed by atoms with Crippen molar-refractivity contribution in [3.63, 3.8) is 0 Å². The van der Waals surface area contributed by atoms with Crippen LogP contribution in [-0.4, -0.2) is 33.1 Å². The first-order valence-electron chi connectivity index (χ1n) is 10.7. The summed E-state index contributed by atoms with van der Waals surface area (Å²) in [5, 5.41) is 2.72. The number of aromatic nitrogens is 3. The first-order valence-corrected chi connectivity index (χ1v) is 10.7. The van der Waals surface area contributed by atoms with Crippen molar-refractivity contribution in [3.8, 4) is 22.5 Å². The molecule has 0 radical (unpaired) electrons. The second-order valence-electron chi connectivity index (χ2n) is 8.10. The van der Waals surface area contributed by atoms with Gasteiger partial charge in [0.05, 0.1) is 24.1 Å². The van der Waals surface area contributed by atoms with E-state index >= 15 is 0 Å². The summed E-state index contributed by atoms with van der Waals surface area (Å²) in [4.78, 5) is 21.4. The number of fused-ring (bicyclic) bond motifs is 1. The van der Waals surface area contributed by atoms with Gasteiger partial charge in [0.2, 0.25) is 0 Å². The Morgan fingerprint density at radius 3 is 2.50 bits per heavy atom. The van der Waals surface area contributed by atoms with Gasteiger partial charge >= 0.3 is 0 Å². The van der Waals surface area contributed by atoms with Crippen LogP contribution in [0.3, 0.4) is 0 Å². The summed E-state index contributed by atoms with van der Waals surface area (Å²) >= 11 is 0. The molecule has 4 aromatic rings. The first kappa shape index (κ1) is 20.3. The Balaban J connectivity index is 1.54. The van der Waals surface area contributed by atoms with Gasteiger partial charge in [0.15, 0.2) is 17.2 Å². The van der Waals surface area contributed by atoms with E-state index in [0.29, 0.717) is 35.1 Å². The van der Waals surface area contributed by atoms with Crippen LogP contribution in [0.5, 0.6) is 0 Å².